The highest BCUT2D eigenvalue weighted by Crippen LogP contribution is 2.17. The van der Waals surface area contributed by atoms with Crippen LogP contribution in [0.15, 0.2) is 22.7 Å². The first-order valence-corrected chi connectivity index (χ1v) is 5.99. The summed E-state index contributed by atoms with van der Waals surface area (Å²) in [6.45, 7) is 4.39. The third-order valence-corrected chi connectivity index (χ3v) is 2.42. The van der Waals surface area contributed by atoms with Crippen molar-refractivity contribution in [1.82, 2.24) is 0 Å². The van der Waals surface area contributed by atoms with Crippen molar-refractivity contribution in [2.45, 2.75) is 26.7 Å². The zero-order valence-electron chi connectivity index (χ0n) is 8.33. The van der Waals surface area contributed by atoms with Crippen LogP contribution in [-0.2, 0) is 17.4 Å². The molecule has 0 saturated heterocycles. The Morgan fingerprint density at radius 1 is 1.29 bits per heavy atom. The molecule has 0 atom stereocenters. The molecule has 1 aromatic carbocycles. The first-order chi connectivity index (χ1) is 6.69. The van der Waals surface area contributed by atoms with Gasteiger partial charge in [-0.3, -0.25) is 0 Å². The number of aryl methyl sites for hydroxylation is 2. The first kappa shape index (κ1) is 13.8. The lowest BCUT2D eigenvalue weighted by Gasteiger charge is -2.04. The van der Waals surface area contributed by atoms with Gasteiger partial charge in [0, 0.05) is 4.47 Å². The summed E-state index contributed by atoms with van der Waals surface area (Å²) in [5.41, 5.74) is 2.93. The van der Waals surface area contributed by atoms with Gasteiger partial charge in [0.1, 0.15) is 0 Å². The second kappa shape index (κ2) is 8.10. The quantitative estimate of drug-likeness (QED) is 0.836. The average molecular weight is 277 g/mol. The van der Waals surface area contributed by atoms with E-state index in [2.05, 4.69) is 48.0 Å². The Balaban J connectivity index is 0.000000500. The van der Waals surface area contributed by atoms with Crippen LogP contribution in [0.3, 0.4) is 0 Å². The molecule has 0 fully saturated rings. The van der Waals surface area contributed by atoms with Gasteiger partial charge in [0.05, 0.1) is 0 Å². The number of rotatable bonds is 2. The van der Waals surface area contributed by atoms with E-state index in [4.69, 9.17) is 9.46 Å². The number of hydrogen-bond donors (Lipinski definition) is 1. The molecule has 0 heterocycles. The molecule has 0 amide bonds. The van der Waals surface area contributed by atoms with E-state index in [0.29, 0.717) is 0 Å². The molecule has 0 bridgehead atoms. The Hall–Kier alpha value is -0.240. The Morgan fingerprint density at radius 3 is 2.21 bits per heavy atom. The van der Waals surface area contributed by atoms with E-state index < -0.39 is 8.69 Å². The van der Waals surface area contributed by atoms with E-state index in [1.807, 2.05) is 0 Å². The summed E-state index contributed by atoms with van der Waals surface area (Å²) in [5, 5.41) is 0. The van der Waals surface area contributed by atoms with Gasteiger partial charge >= 0.3 is 8.69 Å². The van der Waals surface area contributed by atoms with Crippen molar-refractivity contribution in [2.75, 3.05) is 0 Å². The molecule has 2 nitrogen and oxygen atoms in total. The summed E-state index contributed by atoms with van der Waals surface area (Å²) < 4.78 is 9.64. The topological polar surface area (TPSA) is 37.3 Å². The van der Waals surface area contributed by atoms with Crippen molar-refractivity contribution in [2.24, 2.45) is 0 Å². The lowest BCUT2D eigenvalue weighted by atomic mass is 10.0. The van der Waals surface area contributed by atoms with Gasteiger partial charge in [0.25, 0.3) is 0 Å². The van der Waals surface area contributed by atoms with Crippen LogP contribution in [0, 0.1) is 0 Å². The van der Waals surface area contributed by atoms with Gasteiger partial charge < -0.3 is 4.89 Å². The van der Waals surface area contributed by atoms with E-state index in [1.54, 1.807) is 0 Å². The van der Waals surface area contributed by atoms with Crippen LogP contribution in [0.5, 0.6) is 0 Å². The average Bonchev–Trinajstić information content (AvgIpc) is 2.19. The molecule has 0 unspecified atom stereocenters. The van der Waals surface area contributed by atoms with Crippen molar-refractivity contribution in [3.05, 3.63) is 33.8 Å². The summed E-state index contributed by atoms with van der Waals surface area (Å²) in [5.74, 6) is 0. The fraction of sp³-hybridized carbons (Fsp3) is 0.400. The zero-order valence-corrected chi connectivity index (χ0v) is 10.8. The largest absolute Gasteiger partial charge is 0.324 e. The maximum Gasteiger partial charge on any atom is 0.324 e. The lowest BCUT2D eigenvalue weighted by Crippen LogP contribution is -1.89. The number of benzene rings is 1. The lowest BCUT2D eigenvalue weighted by molar-refractivity contribution is 0.524. The van der Waals surface area contributed by atoms with Gasteiger partial charge in [-0.2, -0.15) is 0 Å². The van der Waals surface area contributed by atoms with Crippen molar-refractivity contribution < 1.29 is 9.46 Å². The molecular formula is C10H14BrO2P. The second-order valence-electron chi connectivity index (χ2n) is 2.70. The van der Waals surface area contributed by atoms with Crippen LogP contribution in [0.4, 0.5) is 0 Å². The van der Waals surface area contributed by atoms with E-state index in [9.17, 15) is 0 Å². The maximum atomic E-state index is 8.46. The molecule has 0 saturated carbocycles. The molecule has 0 aromatic heterocycles. The van der Waals surface area contributed by atoms with Crippen LogP contribution in [-0.4, -0.2) is 4.89 Å². The third-order valence-electron chi connectivity index (χ3n) is 1.93. The van der Waals surface area contributed by atoms with Crippen LogP contribution < -0.4 is 0 Å². The molecule has 0 radical (unpaired) electrons. The smallest absolute Gasteiger partial charge is 0.310 e. The maximum absolute atomic E-state index is 8.46. The standard InChI is InChI=1S/C10H13Br.HO2P/c1-3-8-5-6-10(11)7-9(8)4-2;1-3-2/h5-7H,3-4H2,1-2H3;(H,1,2). The van der Waals surface area contributed by atoms with Crippen LogP contribution in [0.1, 0.15) is 25.0 Å². The SMILES string of the molecule is CCc1ccc(Br)cc1CC.O=PO. The van der Waals surface area contributed by atoms with Crippen LogP contribution >= 0.6 is 24.6 Å². The van der Waals surface area contributed by atoms with E-state index in [1.165, 1.54) is 15.6 Å². The van der Waals surface area contributed by atoms with Gasteiger partial charge in [-0.15, -0.1) is 0 Å². The minimum absolute atomic E-state index is 0.833. The molecule has 0 aliphatic carbocycles. The molecule has 4 heteroatoms. The summed E-state index contributed by atoms with van der Waals surface area (Å²) in [6.07, 6.45) is 2.26. The minimum Gasteiger partial charge on any atom is -0.310 e. The zero-order chi connectivity index (χ0) is 11.0. The minimum atomic E-state index is -0.833. The summed E-state index contributed by atoms with van der Waals surface area (Å²) in [7, 11) is -0.833. The predicted molar refractivity (Wildman–Crippen MR) is 62.7 cm³/mol. The summed E-state index contributed by atoms with van der Waals surface area (Å²) in [6, 6.07) is 6.51. The molecule has 14 heavy (non-hydrogen) atoms. The summed E-state index contributed by atoms with van der Waals surface area (Å²) >= 11 is 3.47. The Bertz CT molecular complexity index is 289. The molecule has 78 valence electrons. The fourth-order valence-corrected chi connectivity index (χ4v) is 1.68. The van der Waals surface area contributed by atoms with Crippen molar-refractivity contribution in [3.63, 3.8) is 0 Å². The molecule has 1 rings (SSSR count). The van der Waals surface area contributed by atoms with Crippen molar-refractivity contribution >= 4 is 24.6 Å². The molecule has 1 aromatic rings. The Morgan fingerprint density at radius 2 is 1.79 bits per heavy atom. The highest BCUT2D eigenvalue weighted by atomic mass is 79.9. The van der Waals surface area contributed by atoms with Crippen LogP contribution in [0.2, 0.25) is 0 Å². The van der Waals surface area contributed by atoms with Gasteiger partial charge in [0.2, 0.25) is 0 Å². The fourth-order valence-electron chi connectivity index (χ4n) is 1.27. The Kier molecular flexibility index (Phi) is 7.96. The van der Waals surface area contributed by atoms with E-state index in [0.717, 1.165) is 12.8 Å². The van der Waals surface area contributed by atoms with Gasteiger partial charge in [-0.25, -0.2) is 4.57 Å². The third kappa shape index (κ3) is 4.85. The Labute approximate surface area is 94.8 Å². The number of hydrogen-bond acceptors (Lipinski definition) is 1. The van der Waals surface area contributed by atoms with E-state index in [-0.39, 0.29) is 0 Å². The monoisotopic (exact) mass is 276 g/mol. The van der Waals surface area contributed by atoms with Crippen molar-refractivity contribution in [1.29, 1.82) is 0 Å². The second-order valence-corrected chi connectivity index (χ2v) is 3.78. The van der Waals surface area contributed by atoms with Gasteiger partial charge in [0.15, 0.2) is 0 Å². The predicted octanol–water partition coefficient (Wildman–Crippen LogP) is 3.76. The highest BCUT2D eigenvalue weighted by Gasteiger charge is 1.97. The molecule has 0 aliphatic rings. The van der Waals surface area contributed by atoms with Gasteiger partial charge in [-0.1, -0.05) is 35.8 Å². The molecule has 0 aliphatic heterocycles. The van der Waals surface area contributed by atoms with Gasteiger partial charge in [-0.05, 0) is 36.1 Å². The molecule has 1 N–H and O–H groups in total. The van der Waals surface area contributed by atoms with Crippen molar-refractivity contribution in [3.8, 4) is 0 Å². The highest BCUT2D eigenvalue weighted by molar-refractivity contribution is 9.10. The van der Waals surface area contributed by atoms with E-state index >= 15 is 0 Å². The molecule has 0 spiro atoms. The first-order valence-electron chi connectivity index (χ1n) is 4.43. The van der Waals surface area contributed by atoms with Crippen LogP contribution in [0.25, 0.3) is 0 Å². The number of halogens is 1. The normalized spacial score (nSPS) is 9.43. The summed E-state index contributed by atoms with van der Waals surface area (Å²) in [4.78, 5) is 6.99. The molecular weight excluding hydrogens is 263 g/mol.